The summed E-state index contributed by atoms with van der Waals surface area (Å²) in [5.41, 5.74) is 0.792. The molecule has 2 heterocycles. The van der Waals surface area contributed by atoms with Gasteiger partial charge in [0.2, 0.25) is 11.8 Å². The number of anilines is 1. The number of hydrogen-bond donors (Lipinski definition) is 0. The van der Waals surface area contributed by atoms with Crippen molar-refractivity contribution in [3.8, 4) is 11.5 Å². The van der Waals surface area contributed by atoms with Crippen LogP contribution in [0.3, 0.4) is 0 Å². The summed E-state index contributed by atoms with van der Waals surface area (Å²) in [7, 11) is 0. The lowest BCUT2D eigenvalue weighted by Crippen LogP contribution is -2.46. The molecule has 5 rings (SSSR count). The normalized spacial score (nSPS) is 25.1. The molecule has 150 valence electrons. The van der Waals surface area contributed by atoms with Gasteiger partial charge in [0.15, 0.2) is 11.5 Å². The number of benzene rings is 1. The second-order valence-corrected chi connectivity index (χ2v) is 8.50. The first-order valence-corrected chi connectivity index (χ1v) is 10.7. The van der Waals surface area contributed by atoms with Gasteiger partial charge in [0, 0.05) is 36.8 Å². The average molecular weight is 384 g/mol. The lowest BCUT2D eigenvalue weighted by Gasteiger charge is -2.36. The third kappa shape index (κ3) is 3.33. The van der Waals surface area contributed by atoms with Crippen molar-refractivity contribution in [2.45, 2.75) is 63.5 Å². The topological polar surface area (TPSA) is 59.1 Å². The van der Waals surface area contributed by atoms with Crippen LogP contribution in [0, 0.1) is 5.92 Å². The van der Waals surface area contributed by atoms with Crippen molar-refractivity contribution in [3.05, 3.63) is 18.2 Å². The average Bonchev–Trinajstić information content (AvgIpc) is 3.49. The van der Waals surface area contributed by atoms with E-state index in [9.17, 15) is 9.59 Å². The fourth-order valence-corrected chi connectivity index (χ4v) is 4.90. The molecule has 6 heteroatoms. The quantitative estimate of drug-likeness (QED) is 0.800. The molecular weight excluding hydrogens is 356 g/mol. The molecule has 0 aromatic heterocycles. The molecule has 1 unspecified atom stereocenters. The molecule has 2 amide bonds. The van der Waals surface area contributed by atoms with Gasteiger partial charge in [-0.25, -0.2) is 0 Å². The van der Waals surface area contributed by atoms with E-state index in [1.807, 2.05) is 18.2 Å². The van der Waals surface area contributed by atoms with Crippen LogP contribution < -0.4 is 14.4 Å². The number of nitrogens with zero attached hydrogens (tertiary/aromatic N) is 2. The van der Waals surface area contributed by atoms with Crippen molar-refractivity contribution >= 4 is 17.5 Å². The monoisotopic (exact) mass is 384 g/mol. The van der Waals surface area contributed by atoms with E-state index < -0.39 is 0 Å². The molecule has 2 aliphatic heterocycles. The van der Waals surface area contributed by atoms with Gasteiger partial charge in [-0.2, -0.15) is 0 Å². The summed E-state index contributed by atoms with van der Waals surface area (Å²) in [5.74, 6) is 1.38. The minimum absolute atomic E-state index is 0.0226. The third-order valence-corrected chi connectivity index (χ3v) is 6.47. The van der Waals surface area contributed by atoms with Gasteiger partial charge < -0.3 is 19.3 Å². The predicted octanol–water partition coefficient (Wildman–Crippen LogP) is 3.13. The van der Waals surface area contributed by atoms with Crippen LogP contribution in [0.25, 0.3) is 0 Å². The van der Waals surface area contributed by atoms with E-state index >= 15 is 0 Å². The Labute approximate surface area is 165 Å². The van der Waals surface area contributed by atoms with Crippen molar-refractivity contribution in [2.24, 2.45) is 5.92 Å². The van der Waals surface area contributed by atoms with E-state index in [1.165, 1.54) is 19.3 Å². The van der Waals surface area contributed by atoms with Crippen LogP contribution in [0.1, 0.15) is 51.4 Å². The number of carbonyl (C=O) groups excluding carboxylic acids is 2. The molecule has 3 fully saturated rings. The minimum Gasteiger partial charge on any atom is -0.486 e. The first kappa shape index (κ1) is 17.8. The third-order valence-electron chi connectivity index (χ3n) is 6.47. The molecule has 2 aliphatic carbocycles. The van der Waals surface area contributed by atoms with Crippen LogP contribution >= 0.6 is 0 Å². The van der Waals surface area contributed by atoms with E-state index in [0.717, 1.165) is 31.4 Å². The molecule has 2 saturated carbocycles. The van der Waals surface area contributed by atoms with Gasteiger partial charge in [-0.3, -0.25) is 9.59 Å². The Bertz CT molecular complexity index is 770. The Kier molecular flexibility index (Phi) is 4.65. The Morgan fingerprint density at radius 3 is 2.43 bits per heavy atom. The highest BCUT2D eigenvalue weighted by Gasteiger charge is 2.44. The maximum absolute atomic E-state index is 13.4. The Hall–Kier alpha value is -2.24. The Balaban J connectivity index is 1.32. The van der Waals surface area contributed by atoms with Crippen molar-refractivity contribution in [1.29, 1.82) is 0 Å². The van der Waals surface area contributed by atoms with Crippen LogP contribution in [0.15, 0.2) is 18.2 Å². The summed E-state index contributed by atoms with van der Waals surface area (Å²) in [6.45, 7) is 1.53. The summed E-state index contributed by atoms with van der Waals surface area (Å²) in [5, 5.41) is 0. The molecule has 1 atom stereocenters. The minimum atomic E-state index is -0.233. The predicted molar refractivity (Wildman–Crippen MR) is 105 cm³/mol. The lowest BCUT2D eigenvalue weighted by atomic mass is 9.92. The standard InChI is InChI=1S/C22H28N2O4/c25-21-12-15(22(26)24(17-6-7-17)16-4-2-1-3-5-16)14-23(21)18-8-9-19-20(13-18)28-11-10-27-19/h8-9,13,15-17H,1-7,10-12,14H2. The van der Waals surface area contributed by atoms with Crippen molar-refractivity contribution < 1.29 is 19.1 Å². The van der Waals surface area contributed by atoms with Crippen molar-refractivity contribution in [1.82, 2.24) is 4.90 Å². The molecule has 1 saturated heterocycles. The van der Waals surface area contributed by atoms with E-state index in [0.29, 0.717) is 49.8 Å². The second kappa shape index (κ2) is 7.30. The summed E-state index contributed by atoms with van der Waals surface area (Å²) in [4.78, 5) is 30.0. The van der Waals surface area contributed by atoms with Crippen LogP contribution in [0.5, 0.6) is 11.5 Å². The van der Waals surface area contributed by atoms with Crippen molar-refractivity contribution in [3.63, 3.8) is 0 Å². The van der Waals surface area contributed by atoms with E-state index in [1.54, 1.807) is 4.90 Å². The molecule has 0 N–H and O–H groups in total. The zero-order chi connectivity index (χ0) is 19.1. The summed E-state index contributed by atoms with van der Waals surface area (Å²) >= 11 is 0. The highest BCUT2D eigenvalue weighted by atomic mass is 16.6. The maximum atomic E-state index is 13.4. The SMILES string of the molecule is O=C1CC(C(=O)N(C2CCCCC2)C2CC2)CN1c1ccc2c(c1)OCCO2. The molecule has 1 aromatic rings. The lowest BCUT2D eigenvalue weighted by molar-refractivity contribution is -0.139. The maximum Gasteiger partial charge on any atom is 0.228 e. The van der Waals surface area contributed by atoms with Gasteiger partial charge in [0.05, 0.1) is 5.92 Å². The number of ether oxygens (including phenoxy) is 2. The summed E-state index contributed by atoms with van der Waals surface area (Å²) in [6, 6.07) is 6.39. The largest absolute Gasteiger partial charge is 0.486 e. The van der Waals surface area contributed by atoms with Gasteiger partial charge in [0.25, 0.3) is 0 Å². The Morgan fingerprint density at radius 1 is 0.964 bits per heavy atom. The number of hydrogen-bond acceptors (Lipinski definition) is 4. The van der Waals surface area contributed by atoms with Gasteiger partial charge in [-0.15, -0.1) is 0 Å². The first-order chi connectivity index (χ1) is 13.7. The van der Waals surface area contributed by atoms with E-state index in [-0.39, 0.29) is 17.7 Å². The Morgan fingerprint density at radius 2 is 1.68 bits per heavy atom. The van der Waals surface area contributed by atoms with Crippen LogP contribution in [0.4, 0.5) is 5.69 Å². The molecular formula is C22H28N2O4. The van der Waals surface area contributed by atoms with E-state index in [4.69, 9.17) is 9.47 Å². The van der Waals surface area contributed by atoms with Gasteiger partial charge in [0.1, 0.15) is 13.2 Å². The fourth-order valence-electron chi connectivity index (χ4n) is 4.90. The fraction of sp³-hybridized carbons (Fsp3) is 0.636. The van der Waals surface area contributed by atoms with Gasteiger partial charge in [-0.05, 0) is 37.8 Å². The molecule has 0 radical (unpaired) electrons. The molecule has 4 aliphatic rings. The summed E-state index contributed by atoms with van der Waals surface area (Å²) < 4.78 is 11.2. The highest BCUT2D eigenvalue weighted by molar-refractivity contribution is 6.00. The summed E-state index contributed by atoms with van der Waals surface area (Å²) in [6.07, 6.45) is 8.50. The smallest absolute Gasteiger partial charge is 0.228 e. The van der Waals surface area contributed by atoms with Crippen LogP contribution in [-0.4, -0.2) is 48.6 Å². The number of fused-ring (bicyclic) bond motifs is 1. The molecule has 6 nitrogen and oxygen atoms in total. The zero-order valence-electron chi connectivity index (χ0n) is 16.3. The highest BCUT2D eigenvalue weighted by Crippen LogP contribution is 2.39. The van der Waals surface area contributed by atoms with Crippen LogP contribution in [0.2, 0.25) is 0 Å². The number of rotatable bonds is 4. The molecule has 1 aromatic carbocycles. The van der Waals surface area contributed by atoms with Gasteiger partial charge >= 0.3 is 0 Å². The van der Waals surface area contributed by atoms with Crippen molar-refractivity contribution in [2.75, 3.05) is 24.7 Å². The second-order valence-electron chi connectivity index (χ2n) is 8.50. The molecule has 28 heavy (non-hydrogen) atoms. The first-order valence-electron chi connectivity index (χ1n) is 10.7. The van der Waals surface area contributed by atoms with Gasteiger partial charge in [-0.1, -0.05) is 19.3 Å². The number of carbonyl (C=O) groups is 2. The van der Waals surface area contributed by atoms with Crippen LogP contribution in [-0.2, 0) is 9.59 Å². The van der Waals surface area contributed by atoms with E-state index in [2.05, 4.69) is 4.90 Å². The number of amides is 2. The molecule has 0 spiro atoms. The molecule has 0 bridgehead atoms. The zero-order valence-corrected chi connectivity index (χ0v) is 16.3.